The lowest BCUT2D eigenvalue weighted by Crippen LogP contribution is -2.42. The summed E-state index contributed by atoms with van der Waals surface area (Å²) in [5.41, 5.74) is 3.00. The second-order valence-corrected chi connectivity index (χ2v) is 8.96. The lowest BCUT2D eigenvalue weighted by atomic mass is 9.94. The molecule has 0 radical (unpaired) electrons. The SMILES string of the molecule is CCCCCCC(=O)Nc1cccc([C@H]2C(C(=O)OCC)=C(C)N=C3SCCCN32)c1. The summed E-state index contributed by atoms with van der Waals surface area (Å²) < 4.78 is 5.37. The van der Waals surface area contributed by atoms with Crippen LogP contribution >= 0.6 is 11.8 Å². The van der Waals surface area contributed by atoms with E-state index in [-0.39, 0.29) is 17.9 Å². The number of benzene rings is 1. The van der Waals surface area contributed by atoms with E-state index in [1.165, 1.54) is 0 Å². The van der Waals surface area contributed by atoms with Crippen LogP contribution in [0.15, 0.2) is 40.5 Å². The van der Waals surface area contributed by atoms with Crippen molar-refractivity contribution >= 4 is 34.5 Å². The summed E-state index contributed by atoms with van der Waals surface area (Å²) in [5.74, 6) is 0.733. The molecule has 0 aliphatic carbocycles. The lowest BCUT2D eigenvalue weighted by molar-refractivity contribution is -0.139. The number of carbonyl (C=O) groups is 2. The van der Waals surface area contributed by atoms with Crippen LogP contribution in [0.4, 0.5) is 5.69 Å². The van der Waals surface area contributed by atoms with Gasteiger partial charge < -0.3 is 15.0 Å². The number of hydrogen-bond acceptors (Lipinski definition) is 6. The molecule has 0 bridgehead atoms. The summed E-state index contributed by atoms with van der Waals surface area (Å²) in [6.07, 6.45) is 5.85. The second kappa shape index (κ2) is 11.4. The Hall–Kier alpha value is -2.28. The number of fused-ring (bicyclic) bond motifs is 1. The van der Waals surface area contributed by atoms with Gasteiger partial charge in [-0.2, -0.15) is 0 Å². The summed E-state index contributed by atoms with van der Waals surface area (Å²) in [4.78, 5) is 32.1. The van der Waals surface area contributed by atoms with Crippen LogP contribution in [-0.2, 0) is 14.3 Å². The van der Waals surface area contributed by atoms with E-state index in [0.717, 1.165) is 60.8 Å². The number of allylic oxidation sites excluding steroid dienone is 1. The quantitative estimate of drug-likeness (QED) is 0.415. The van der Waals surface area contributed by atoms with E-state index in [9.17, 15) is 9.59 Å². The zero-order valence-corrected chi connectivity index (χ0v) is 19.6. The van der Waals surface area contributed by atoms with E-state index in [1.54, 1.807) is 11.8 Å². The molecule has 1 aromatic carbocycles. The van der Waals surface area contributed by atoms with Crippen molar-refractivity contribution in [2.24, 2.45) is 4.99 Å². The summed E-state index contributed by atoms with van der Waals surface area (Å²) in [6, 6.07) is 7.56. The molecule has 2 heterocycles. The molecule has 7 heteroatoms. The van der Waals surface area contributed by atoms with Gasteiger partial charge in [-0.1, -0.05) is 50.1 Å². The van der Waals surface area contributed by atoms with Gasteiger partial charge in [-0.3, -0.25) is 4.79 Å². The highest BCUT2D eigenvalue weighted by molar-refractivity contribution is 8.13. The Morgan fingerprint density at radius 1 is 1.26 bits per heavy atom. The maximum Gasteiger partial charge on any atom is 0.338 e. The molecule has 1 atom stereocenters. The van der Waals surface area contributed by atoms with Gasteiger partial charge in [0, 0.05) is 24.4 Å². The molecule has 3 rings (SSSR count). The first-order chi connectivity index (χ1) is 15.0. The second-order valence-electron chi connectivity index (χ2n) is 7.90. The smallest absolute Gasteiger partial charge is 0.338 e. The Labute approximate surface area is 189 Å². The molecule has 31 heavy (non-hydrogen) atoms. The van der Waals surface area contributed by atoms with Crippen molar-refractivity contribution in [2.75, 3.05) is 24.2 Å². The van der Waals surface area contributed by atoms with Crippen LogP contribution in [0.1, 0.15) is 70.9 Å². The fraction of sp³-hybridized carbons (Fsp3) is 0.542. The summed E-state index contributed by atoms with van der Waals surface area (Å²) >= 11 is 1.72. The van der Waals surface area contributed by atoms with Crippen molar-refractivity contribution in [3.05, 3.63) is 41.1 Å². The van der Waals surface area contributed by atoms with Crippen molar-refractivity contribution < 1.29 is 14.3 Å². The molecule has 0 spiro atoms. The molecule has 0 saturated carbocycles. The van der Waals surface area contributed by atoms with Crippen molar-refractivity contribution in [1.29, 1.82) is 0 Å². The molecule has 1 aromatic rings. The van der Waals surface area contributed by atoms with Crippen molar-refractivity contribution in [3.8, 4) is 0 Å². The molecule has 168 valence electrons. The molecule has 1 fully saturated rings. The topological polar surface area (TPSA) is 71.0 Å². The number of esters is 1. The minimum atomic E-state index is -0.325. The van der Waals surface area contributed by atoms with Gasteiger partial charge in [0.25, 0.3) is 0 Å². The number of amides is 1. The zero-order valence-electron chi connectivity index (χ0n) is 18.8. The predicted octanol–water partition coefficient (Wildman–Crippen LogP) is 5.28. The number of hydrogen-bond donors (Lipinski definition) is 1. The first-order valence-corrected chi connectivity index (χ1v) is 12.3. The number of aliphatic imine (C=N–C) groups is 1. The standard InChI is InChI=1S/C24H33N3O3S/c1-4-6-7-8-13-20(28)26-19-12-9-11-18(16-19)22-21(23(29)30-5-2)17(3)25-24-27(22)14-10-15-31-24/h9,11-12,16,22H,4-8,10,13-15H2,1-3H3,(H,26,28)/t22-/m0/s1. The third kappa shape index (κ3) is 5.91. The third-order valence-electron chi connectivity index (χ3n) is 5.50. The van der Waals surface area contributed by atoms with Crippen LogP contribution in [0.5, 0.6) is 0 Å². The van der Waals surface area contributed by atoms with Gasteiger partial charge in [0.1, 0.15) is 0 Å². The Morgan fingerprint density at radius 2 is 2.10 bits per heavy atom. The first kappa shape index (κ1) is 23.4. The minimum Gasteiger partial charge on any atom is -0.463 e. The van der Waals surface area contributed by atoms with Crippen molar-refractivity contribution in [3.63, 3.8) is 0 Å². The highest BCUT2D eigenvalue weighted by Crippen LogP contribution is 2.40. The molecule has 0 unspecified atom stereocenters. The zero-order chi connectivity index (χ0) is 22.2. The normalized spacial score (nSPS) is 18.4. The van der Waals surface area contributed by atoms with E-state index in [2.05, 4.69) is 17.1 Å². The van der Waals surface area contributed by atoms with E-state index in [4.69, 9.17) is 9.73 Å². The van der Waals surface area contributed by atoms with Crippen LogP contribution < -0.4 is 5.32 Å². The number of amidine groups is 1. The number of thioether (sulfide) groups is 1. The number of anilines is 1. The number of nitrogens with zero attached hydrogens (tertiary/aromatic N) is 2. The van der Waals surface area contributed by atoms with E-state index in [0.29, 0.717) is 24.3 Å². The average Bonchev–Trinajstić information content (AvgIpc) is 2.76. The van der Waals surface area contributed by atoms with Gasteiger partial charge >= 0.3 is 5.97 Å². The van der Waals surface area contributed by atoms with E-state index in [1.807, 2.05) is 38.1 Å². The van der Waals surface area contributed by atoms with Gasteiger partial charge in [0.2, 0.25) is 5.91 Å². The van der Waals surface area contributed by atoms with Crippen LogP contribution in [0.2, 0.25) is 0 Å². The van der Waals surface area contributed by atoms with Crippen LogP contribution in [-0.4, -0.2) is 40.8 Å². The molecule has 2 aliphatic heterocycles. The highest BCUT2D eigenvalue weighted by Gasteiger charge is 2.37. The largest absolute Gasteiger partial charge is 0.463 e. The number of unbranched alkanes of at least 4 members (excludes halogenated alkanes) is 3. The lowest BCUT2D eigenvalue weighted by Gasteiger charge is -2.40. The third-order valence-corrected chi connectivity index (χ3v) is 6.57. The first-order valence-electron chi connectivity index (χ1n) is 11.3. The Morgan fingerprint density at radius 3 is 2.87 bits per heavy atom. The molecule has 6 nitrogen and oxygen atoms in total. The maximum atomic E-state index is 12.8. The number of rotatable bonds is 9. The monoisotopic (exact) mass is 443 g/mol. The summed E-state index contributed by atoms with van der Waals surface area (Å²) in [5, 5.41) is 3.98. The van der Waals surface area contributed by atoms with Gasteiger partial charge in [-0.25, -0.2) is 9.79 Å². The fourth-order valence-corrected chi connectivity index (χ4v) is 5.03. The van der Waals surface area contributed by atoms with Gasteiger partial charge in [-0.15, -0.1) is 0 Å². The van der Waals surface area contributed by atoms with Crippen LogP contribution in [0, 0.1) is 0 Å². The molecular formula is C24H33N3O3S. The van der Waals surface area contributed by atoms with Gasteiger partial charge in [-0.05, 0) is 44.4 Å². The Bertz CT molecular complexity index is 865. The summed E-state index contributed by atoms with van der Waals surface area (Å²) in [7, 11) is 0. The molecule has 1 amide bonds. The predicted molar refractivity (Wildman–Crippen MR) is 127 cm³/mol. The van der Waals surface area contributed by atoms with Crippen LogP contribution in [0.25, 0.3) is 0 Å². The van der Waals surface area contributed by atoms with Gasteiger partial charge in [0.05, 0.1) is 23.9 Å². The Kier molecular flexibility index (Phi) is 8.58. The number of ether oxygens (including phenoxy) is 1. The summed E-state index contributed by atoms with van der Waals surface area (Å²) in [6.45, 7) is 7.01. The fourth-order valence-electron chi connectivity index (χ4n) is 4.01. The maximum absolute atomic E-state index is 12.8. The highest BCUT2D eigenvalue weighted by atomic mass is 32.2. The molecule has 1 N–H and O–H groups in total. The molecule has 1 saturated heterocycles. The van der Waals surface area contributed by atoms with Crippen LogP contribution in [0.3, 0.4) is 0 Å². The number of nitrogens with one attached hydrogen (secondary N) is 1. The molecule has 0 aromatic heterocycles. The molecule has 2 aliphatic rings. The van der Waals surface area contributed by atoms with Gasteiger partial charge in [0.15, 0.2) is 5.17 Å². The molecular weight excluding hydrogens is 410 g/mol. The average molecular weight is 444 g/mol. The van der Waals surface area contributed by atoms with Crippen molar-refractivity contribution in [2.45, 2.75) is 65.3 Å². The number of carbonyl (C=O) groups excluding carboxylic acids is 2. The van der Waals surface area contributed by atoms with Crippen molar-refractivity contribution in [1.82, 2.24) is 4.90 Å². The van der Waals surface area contributed by atoms with E-state index < -0.39 is 0 Å². The Balaban J connectivity index is 1.85. The minimum absolute atomic E-state index is 0.0324. The van der Waals surface area contributed by atoms with E-state index >= 15 is 0 Å².